The van der Waals surface area contributed by atoms with Crippen LogP contribution in [0.15, 0.2) is 18.2 Å². The molecule has 0 radical (unpaired) electrons. The van der Waals surface area contributed by atoms with Gasteiger partial charge in [0.15, 0.2) is 11.5 Å². The van der Waals surface area contributed by atoms with Crippen LogP contribution in [0.5, 0.6) is 11.5 Å². The second-order valence-corrected chi connectivity index (χ2v) is 6.63. The maximum Gasteiger partial charge on any atom is 0.161 e. The lowest BCUT2D eigenvalue weighted by Crippen LogP contribution is -2.42. The monoisotopic (exact) mass is 334 g/mol. The molecule has 1 heterocycles. The molecule has 1 aromatic carbocycles. The van der Waals surface area contributed by atoms with Crippen LogP contribution in [0.4, 0.5) is 0 Å². The highest BCUT2D eigenvalue weighted by Gasteiger charge is 2.12. The Labute approximate surface area is 147 Å². The summed E-state index contributed by atoms with van der Waals surface area (Å²) in [5.41, 5.74) is 1.29. The van der Waals surface area contributed by atoms with Crippen LogP contribution in [0.1, 0.15) is 51.0 Å². The van der Waals surface area contributed by atoms with E-state index in [-0.39, 0.29) is 0 Å². The molecule has 4 nitrogen and oxygen atoms in total. The second-order valence-electron chi connectivity index (χ2n) is 6.63. The third-order valence-corrected chi connectivity index (χ3v) is 4.60. The molecule has 0 unspecified atom stereocenters. The summed E-state index contributed by atoms with van der Waals surface area (Å²) in [6.45, 7) is 8.39. The van der Waals surface area contributed by atoms with Crippen molar-refractivity contribution in [2.45, 2.75) is 52.0 Å². The molecule has 0 atom stereocenters. The normalized spacial score (nSPS) is 15.4. The number of nitrogens with one attached hydrogen (secondary N) is 1. The molecule has 1 N–H and O–H groups in total. The van der Waals surface area contributed by atoms with Gasteiger partial charge in [0.05, 0.1) is 13.7 Å². The number of hydrogen-bond donors (Lipinski definition) is 1. The quantitative estimate of drug-likeness (QED) is 0.624. The minimum Gasteiger partial charge on any atom is -0.493 e. The predicted molar refractivity (Wildman–Crippen MR) is 100 cm³/mol. The average molecular weight is 335 g/mol. The van der Waals surface area contributed by atoms with E-state index >= 15 is 0 Å². The fourth-order valence-corrected chi connectivity index (χ4v) is 3.12. The van der Waals surface area contributed by atoms with Crippen LogP contribution in [0, 0.1) is 0 Å². The zero-order valence-electron chi connectivity index (χ0n) is 15.5. The van der Waals surface area contributed by atoms with E-state index in [0.29, 0.717) is 0 Å². The third-order valence-electron chi connectivity index (χ3n) is 4.60. The minimum absolute atomic E-state index is 0.777. The first kappa shape index (κ1) is 19.1. The summed E-state index contributed by atoms with van der Waals surface area (Å²) in [7, 11) is 1.72. The second kappa shape index (κ2) is 11.3. The zero-order chi connectivity index (χ0) is 17.0. The molecule has 0 spiro atoms. The van der Waals surface area contributed by atoms with Crippen molar-refractivity contribution in [3.63, 3.8) is 0 Å². The molecule has 0 amide bonds. The standard InChI is InChI=1S/C20H34N2O2/c1-3-4-5-6-7-8-15-24-19-10-9-18(16-20(19)23-2)17-22-13-11-21-12-14-22/h9-10,16,21H,3-8,11-15,17H2,1-2H3. The van der Waals surface area contributed by atoms with E-state index in [4.69, 9.17) is 9.47 Å². The number of piperazine rings is 1. The van der Waals surface area contributed by atoms with E-state index in [9.17, 15) is 0 Å². The summed E-state index contributed by atoms with van der Waals surface area (Å²) in [6, 6.07) is 6.35. The molecule has 0 saturated carbocycles. The smallest absolute Gasteiger partial charge is 0.161 e. The molecule has 24 heavy (non-hydrogen) atoms. The molecule has 0 aliphatic carbocycles. The molecule has 1 aliphatic heterocycles. The Bertz CT molecular complexity index is 459. The van der Waals surface area contributed by atoms with Crippen LogP contribution in [0.3, 0.4) is 0 Å². The van der Waals surface area contributed by atoms with Crippen molar-refractivity contribution in [3.05, 3.63) is 23.8 Å². The van der Waals surface area contributed by atoms with Gasteiger partial charge < -0.3 is 14.8 Å². The first-order chi connectivity index (χ1) is 11.8. The van der Waals surface area contributed by atoms with Crippen molar-refractivity contribution < 1.29 is 9.47 Å². The lowest BCUT2D eigenvalue weighted by Gasteiger charge is -2.27. The van der Waals surface area contributed by atoms with Gasteiger partial charge >= 0.3 is 0 Å². The van der Waals surface area contributed by atoms with Crippen molar-refractivity contribution in [2.75, 3.05) is 39.9 Å². The van der Waals surface area contributed by atoms with E-state index in [1.54, 1.807) is 7.11 Å². The molecule has 1 fully saturated rings. The topological polar surface area (TPSA) is 33.7 Å². The molecule has 136 valence electrons. The Hall–Kier alpha value is -1.26. The molecular weight excluding hydrogens is 300 g/mol. The molecule has 2 rings (SSSR count). The first-order valence-electron chi connectivity index (χ1n) is 9.56. The molecule has 1 aromatic rings. The van der Waals surface area contributed by atoms with E-state index in [1.807, 2.05) is 0 Å². The van der Waals surface area contributed by atoms with Gasteiger partial charge in [-0.25, -0.2) is 0 Å². The summed E-state index contributed by atoms with van der Waals surface area (Å²) >= 11 is 0. The van der Waals surface area contributed by atoms with Crippen molar-refractivity contribution in [1.82, 2.24) is 10.2 Å². The maximum absolute atomic E-state index is 5.93. The molecule has 1 aliphatic rings. The number of benzene rings is 1. The Balaban J connectivity index is 1.76. The van der Waals surface area contributed by atoms with Crippen LogP contribution in [0.25, 0.3) is 0 Å². The largest absolute Gasteiger partial charge is 0.493 e. The van der Waals surface area contributed by atoms with Crippen molar-refractivity contribution in [3.8, 4) is 11.5 Å². The van der Waals surface area contributed by atoms with Gasteiger partial charge in [0, 0.05) is 32.7 Å². The number of unbranched alkanes of at least 4 members (excludes halogenated alkanes) is 5. The van der Waals surface area contributed by atoms with E-state index in [0.717, 1.165) is 57.3 Å². The molecule has 1 saturated heterocycles. The van der Waals surface area contributed by atoms with Crippen LogP contribution >= 0.6 is 0 Å². The highest BCUT2D eigenvalue weighted by Crippen LogP contribution is 2.29. The summed E-state index contributed by atoms with van der Waals surface area (Å²) in [6.07, 6.45) is 7.69. The van der Waals surface area contributed by atoms with E-state index in [1.165, 1.54) is 37.7 Å². The summed E-state index contributed by atoms with van der Waals surface area (Å²) in [5.74, 6) is 1.73. The molecular formula is C20H34N2O2. The summed E-state index contributed by atoms with van der Waals surface area (Å²) < 4.78 is 11.5. The van der Waals surface area contributed by atoms with Crippen molar-refractivity contribution in [1.29, 1.82) is 0 Å². The number of nitrogens with zero attached hydrogens (tertiary/aromatic N) is 1. The average Bonchev–Trinajstić information content (AvgIpc) is 2.62. The lowest BCUT2D eigenvalue weighted by atomic mass is 10.1. The van der Waals surface area contributed by atoms with Crippen LogP contribution in [-0.4, -0.2) is 44.8 Å². The number of rotatable bonds is 11. The zero-order valence-corrected chi connectivity index (χ0v) is 15.5. The van der Waals surface area contributed by atoms with Gasteiger partial charge in [-0.2, -0.15) is 0 Å². The van der Waals surface area contributed by atoms with E-state index in [2.05, 4.69) is 35.3 Å². The predicted octanol–water partition coefficient (Wildman–Crippen LogP) is 3.84. The third kappa shape index (κ3) is 6.70. The van der Waals surface area contributed by atoms with Gasteiger partial charge in [-0.05, 0) is 24.1 Å². The summed E-state index contributed by atoms with van der Waals surface area (Å²) in [5, 5.41) is 3.39. The van der Waals surface area contributed by atoms with Gasteiger partial charge in [0.2, 0.25) is 0 Å². The molecule has 0 bridgehead atoms. The SMILES string of the molecule is CCCCCCCCOc1ccc(CN2CCNCC2)cc1OC. The van der Waals surface area contributed by atoms with Crippen LogP contribution < -0.4 is 14.8 Å². The Morgan fingerprint density at radius 2 is 1.75 bits per heavy atom. The highest BCUT2D eigenvalue weighted by atomic mass is 16.5. The highest BCUT2D eigenvalue weighted by molar-refractivity contribution is 5.43. The number of hydrogen-bond acceptors (Lipinski definition) is 4. The lowest BCUT2D eigenvalue weighted by molar-refractivity contribution is 0.232. The Morgan fingerprint density at radius 1 is 1.00 bits per heavy atom. The van der Waals surface area contributed by atoms with Gasteiger partial charge in [-0.3, -0.25) is 4.90 Å². The van der Waals surface area contributed by atoms with Gasteiger partial charge in [-0.15, -0.1) is 0 Å². The number of ether oxygens (including phenoxy) is 2. The van der Waals surface area contributed by atoms with E-state index < -0.39 is 0 Å². The maximum atomic E-state index is 5.93. The Kier molecular flexibility index (Phi) is 9.00. The molecule has 0 aromatic heterocycles. The number of methoxy groups -OCH3 is 1. The fourth-order valence-electron chi connectivity index (χ4n) is 3.12. The minimum atomic E-state index is 0.777. The first-order valence-corrected chi connectivity index (χ1v) is 9.56. The van der Waals surface area contributed by atoms with Crippen molar-refractivity contribution in [2.24, 2.45) is 0 Å². The van der Waals surface area contributed by atoms with Crippen LogP contribution in [0.2, 0.25) is 0 Å². The summed E-state index contributed by atoms with van der Waals surface area (Å²) in [4.78, 5) is 2.47. The Morgan fingerprint density at radius 3 is 2.50 bits per heavy atom. The fraction of sp³-hybridized carbons (Fsp3) is 0.700. The van der Waals surface area contributed by atoms with Gasteiger partial charge in [0.25, 0.3) is 0 Å². The van der Waals surface area contributed by atoms with Gasteiger partial charge in [-0.1, -0.05) is 45.1 Å². The van der Waals surface area contributed by atoms with Gasteiger partial charge in [0.1, 0.15) is 0 Å². The van der Waals surface area contributed by atoms with Crippen LogP contribution in [-0.2, 0) is 6.54 Å². The van der Waals surface area contributed by atoms with Crippen molar-refractivity contribution >= 4 is 0 Å². The molecule has 4 heteroatoms.